The van der Waals surface area contributed by atoms with Gasteiger partial charge in [-0.2, -0.15) is 17.9 Å². The first-order chi connectivity index (χ1) is 12.7. The molecule has 3 rings (SSSR count). The minimum atomic E-state index is -4.54. The zero-order valence-corrected chi connectivity index (χ0v) is 15.0. The van der Waals surface area contributed by atoms with E-state index in [-0.39, 0.29) is 27.8 Å². The summed E-state index contributed by atoms with van der Waals surface area (Å²) in [6, 6.07) is 7.88. The fourth-order valence-electron chi connectivity index (χ4n) is 2.25. The highest BCUT2D eigenvalue weighted by atomic mass is 35.5. The van der Waals surface area contributed by atoms with Gasteiger partial charge in [0.1, 0.15) is 17.2 Å². The maximum absolute atomic E-state index is 12.9. The van der Waals surface area contributed by atoms with Gasteiger partial charge in [0.05, 0.1) is 5.56 Å². The number of nitrogens with zero attached hydrogens (tertiary/aromatic N) is 2. The highest BCUT2D eigenvalue weighted by Gasteiger charge is 2.31. The lowest BCUT2D eigenvalue weighted by Gasteiger charge is -2.08. The molecule has 2 aromatic heterocycles. The molecule has 5 nitrogen and oxygen atoms in total. The lowest BCUT2D eigenvalue weighted by atomic mass is 10.1. The Morgan fingerprint density at radius 1 is 1.30 bits per heavy atom. The van der Waals surface area contributed by atoms with E-state index in [1.165, 1.54) is 17.6 Å². The van der Waals surface area contributed by atoms with Crippen molar-refractivity contribution in [3.8, 4) is 10.6 Å². The monoisotopic (exact) mass is 413 g/mol. The van der Waals surface area contributed by atoms with Crippen molar-refractivity contribution in [3.63, 3.8) is 0 Å². The first kappa shape index (κ1) is 19.1. The zero-order chi connectivity index (χ0) is 19.6. The first-order valence-electron chi connectivity index (χ1n) is 7.53. The van der Waals surface area contributed by atoms with Crippen LogP contribution >= 0.6 is 22.9 Å². The van der Waals surface area contributed by atoms with Crippen LogP contribution in [0, 0.1) is 5.21 Å². The summed E-state index contributed by atoms with van der Waals surface area (Å²) < 4.78 is 39.4. The number of rotatable bonds is 4. The largest absolute Gasteiger partial charge is 0.618 e. The summed E-state index contributed by atoms with van der Waals surface area (Å²) in [4.78, 5) is 16.3. The summed E-state index contributed by atoms with van der Waals surface area (Å²) in [6.07, 6.45) is -3.24. The SMILES string of the molecule is O=C(NCc1cccc[n+]1[O-])c1csc(-c2cc(Cl)cc(C(F)(F)F)c2)n1. The Hall–Kier alpha value is -2.65. The van der Waals surface area contributed by atoms with Crippen molar-refractivity contribution < 1.29 is 22.7 Å². The highest BCUT2D eigenvalue weighted by molar-refractivity contribution is 7.13. The molecule has 1 amide bonds. The van der Waals surface area contributed by atoms with Crippen molar-refractivity contribution in [2.45, 2.75) is 12.7 Å². The van der Waals surface area contributed by atoms with E-state index in [0.717, 1.165) is 23.5 Å². The second-order valence-corrected chi connectivity index (χ2v) is 6.76. The molecule has 0 spiro atoms. The van der Waals surface area contributed by atoms with Gasteiger partial charge in [0.25, 0.3) is 5.91 Å². The number of pyridine rings is 1. The van der Waals surface area contributed by atoms with Crippen LogP contribution in [0.3, 0.4) is 0 Å². The number of alkyl halides is 3. The third kappa shape index (κ3) is 4.55. The molecule has 0 unspecified atom stereocenters. The van der Waals surface area contributed by atoms with Crippen molar-refractivity contribution in [1.82, 2.24) is 10.3 Å². The fraction of sp³-hybridized carbons (Fsp3) is 0.118. The molecule has 27 heavy (non-hydrogen) atoms. The molecule has 2 heterocycles. The van der Waals surface area contributed by atoms with Gasteiger partial charge in [0, 0.05) is 28.1 Å². The molecule has 0 radical (unpaired) electrons. The molecular weight excluding hydrogens is 403 g/mol. The lowest BCUT2D eigenvalue weighted by Crippen LogP contribution is -2.35. The van der Waals surface area contributed by atoms with E-state index in [4.69, 9.17) is 11.6 Å². The molecule has 0 aliphatic rings. The number of halogens is 4. The van der Waals surface area contributed by atoms with Crippen LogP contribution in [-0.4, -0.2) is 10.9 Å². The molecular formula is C17H11ClF3N3O2S. The number of carbonyl (C=O) groups is 1. The van der Waals surface area contributed by atoms with E-state index < -0.39 is 17.6 Å². The van der Waals surface area contributed by atoms with Crippen LogP contribution < -0.4 is 10.0 Å². The number of nitrogens with one attached hydrogen (secondary N) is 1. The summed E-state index contributed by atoms with van der Waals surface area (Å²) in [5.41, 5.74) is -0.350. The van der Waals surface area contributed by atoms with Crippen molar-refractivity contribution in [2.24, 2.45) is 0 Å². The molecule has 0 bridgehead atoms. The number of hydrogen-bond acceptors (Lipinski definition) is 4. The van der Waals surface area contributed by atoms with Crippen LogP contribution in [0.2, 0.25) is 5.02 Å². The van der Waals surface area contributed by atoms with Crippen LogP contribution in [0.25, 0.3) is 10.6 Å². The molecule has 10 heteroatoms. The fourth-order valence-corrected chi connectivity index (χ4v) is 3.27. The van der Waals surface area contributed by atoms with Crippen molar-refractivity contribution in [1.29, 1.82) is 0 Å². The third-order valence-corrected chi connectivity index (χ3v) is 4.65. The average molecular weight is 414 g/mol. The van der Waals surface area contributed by atoms with Crippen molar-refractivity contribution >= 4 is 28.8 Å². The van der Waals surface area contributed by atoms with Gasteiger partial charge in [-0.1, -0.05) is 11.6 Å². The van der Waals surface area contributed by atoms with Crippen molar-refractivity contribution in [2.75, 3.05) is 0 Å². The van der Waals surface area contributed by atoms with Crippen LogP contribution in [0.5, 0.6) is 0 Å². The summed E-state index contributed by atoms with van der Waals surface area (Å²) in [5, 5.41) is 15.7. The van der Waals surface area contributed by atoms with Crippen LogP contribution in [0.15, 0.2) is 48.0 Å². The maximum Gasteiger partial charge on any atom is 0.416 e. The number of hydrogen-bond donors (Lipinski definition) is 1. The van der Waals surface area contributed by atoms with Crippen LogP contribution in [-0.2, 0) is 12.7 Å². The van der Waals surface area contributed by atoms with Gasteiger partial charge in [-0.3, -0.25) is 4.79 Å². The van der Waals surface area contributed by atoms with Gasteiger partial charge < -0.3 is 10.5 Å². The van der Waals surface area contributed by atoms with Gasteiger partial charge in [0.2, 0.25) is 5.69 Å². The molecule has 1 aromatic carbocycles. The Morgan fingerprint density at radius 3 is 2.78 bits per heavy atom. The van der Waals surface area contributed by atoms with Crippen LogP contribution in [0.1, 0.15) is 21.7 Å². The van der Waals surface area contributed by atoms with Gasteiger partial charge in [-0.25, -0.2) is 4.98 Å². The predicted molar refractivity (Wildman–Crippen MR) is 94.1 cm³/mol. The van der Waals surface area contributed by atoms with E-state index in [1.807, 2.05) is 0 Å². The molecule has 0 saturated carbocycles. The predicted octanol–water partition coefficient (Wildman–Crippen LogP) is 4.05. The van der Waals surface area contributed by atoms with Gasteiger partial charge >= 0.3 is 6.18 Å². The Balaban J connectivity index is 1.78. The minimum absolute atomic E-state index is 0.00851. The number of thiazole rings is 1. The summed E-state index contributed by atoms with van der Waals surface area (Å²) in [5.74, 6) is -0.542. The molecule has 0 fully saturated rings. The van der Waals surface area contributed by atoms with Gasteiger partial charge in [-0.15, -0.1) is 11.3 Å². The second-order valence-electron chi connectivity index (χ2n) is 5.46. The van der Waals surface area contributed by atoms with E-state index in [0.29, 0.717) is 10.4 Å². The molecule has 0 atom stereocenters. The van der Waals surface area contributed by atoms with E-state index in [1.54, 1.807) is 18.2 Å². The normalized spacial score (nSPS) is 11.4. The minimum Gasteiger partial charge on any atom is -0.618 e. The quantitative estimate of drug-likeness (QED) is 0.518. The maximum atomic E-state index is 12.9. The molecule has 0 saturated heterocycles. The molecule has 0 aliphatic heterocycles. The topological polar surface area (TPSA) is 68.9 Å². The van der Waals surface area contributed by atoms with Crippen LogP contribution in [0.4, 0.5) is 13.2 Å². The van der Waals surface area contributed by atoms with Gasteiger partial charge in [-0.05, 0) is 24.3 Å². The Morgan fingerprint density at radius 2 is 2.07 bits per heavy atom. The molecule has 3 aromatic rings. The Kier molecular flexibility index (Phi) is 5.33. The van der Waals surface area contributed by atoms with Gasteiger partial charge in [0.15, 0.2) is 6.20 Å². The Bertz CT molecular complexity index is 992. The molecule has 1 N–H and O–H groups in total. The standard InChI is InChI=1S/C17H11ClF3N3O2S/c18-12-6-10(5-11(7-12)17(19,20)21)16-23-14(9-27-16)15(25)22-8-13-3-1-2-4-24(13)26/h1-7,9H,8H2,(H,22,25). The number of benzene rings is 1. The summed E-state index contributed by atoms with van der Waals surface area (Å²) in [7, 11) is 0. The average Bonchev–Trinajstić information content (AvgIpc) is 3.10. The highest BCUT2D eigenvalue weighted by Crippen LogP contribution is 2.35. The second kappa shape index (κ2) is 7.53. The van der Waals surface area contributed by atoms with E-state index in [2.05, 4.69) is 10.3 Å². The van der Waals surface area contributed by atoms with Crippen molar-refractivity contribution in [3.05, 3.63) is 75.2 Å². The zero-order valence-electron chi connectivity index (χ0n) is 13.5. The molecule has 0 aliphatic carbocycles. The molecule has 140 valence electrons. The number of carbonyl (C=O) groups excluding carboxylic acids is 1. The Labute approximate surface area is 160 Å². The van der Waals surface area contributed by atoms with E-state index >= 15 is 0 Å². The lowest BCUT2D eigenvalue weighted by molar-refractivity contribution is -0.614. The smallest absolute Gasteiger partial charge is 0.416 e. The number of aromatic nitrogens is 2. The third-order valence-electron chi connectivity index (χ3n) is 3.54. The first-order valence-corrected chi connectivity index (χ1v) is 8.79. The number of amides is 1. The summed E-state index contributed by atoms with van der Waals surface area (Å²) in [6.45, 7) is -0.00851. The summed E-state index contributed by atoms with van der Waals surface area (Å²) >= 11 is 6.79. The van der Waals surface area contributed by atoms with E-state index in [9.17, 15) is 23.2 Å².